The van der Waals surface area contributed by atoms with E-state index in [0.29, 0.717) is 10.7 Å². The molecule has 4 rings (SSSR count). The van der Waals surface area contributed by atoms with Crippen molar-refractivity contribution in [3.63, 3.8) is 0 Å². The fourth-order valence-electron chi connectivity index (χ4n) is 4.06. The Bertz CT molecular complexity index is 976. The van der Waals surface area contributed by atoms with Crippen LogP contribution in [-0.2, 0) is 20.9 Å². The van der Waals surface area contributed by atoms with Crippen LogP contribution in [-0.4, -0.2) is 47.3 Å². The first kappa shape index (κ1) is 22.1. The van der Waals surface area contributed by atoms with Crippen molar-refractivity contribution in [1.82, 2.24) is 4.90 Å². The van der Waals surface area contributed by atoms with Gasteiger partial charge in [0.05, 0.1) is 23.1 Å². The van der Waals surface area contributed by atoms with Gasteiger partial charge in [-0.3, -0.25) is 14.5 Å². The molecule has 0 radical (unpaired) electrons. The van der Waals surface area contributed by atoms with Crippen molar-refractivity contribution >= 4 is 46.6 Å². The Hall–Kier alpha value is -2.06. The maximum Gasteiger partial charge on any atom is 0.238 e. The van der Waals surface area contributed by atoms with E-state index >= 15 is 0 Å². The number of nitrogens with one attached hydrogen (secondary N) is 2. The summed E-state index contributed by atoms with van der Waals surface area (Å²) in [6.45, 7) is 6.61. The summed E-state index contributed by atoms with van der Waals surface area (Å²) in [6.07, 6.45) is 0.466. The minimum absolute atomic E-state index is 0.0958. The zero-order valence-corrected chi connectivity index (χ0v) is 19.1. The Labute approximate surface area is 191 Å². The number of carbonyl (C=O) groups is 2. The number of halogens is 1. The molecule has 0 aromatic heterocycles. The minimum atomic E-state index is -0.484. The molecule has 6 nitrogen and oxygen atoms in total. The molecular weight excluding hydrogens is 434 g/mol. The fourth-order valence-corrected chi connectivity index (χ4v) is 5.32. The first-order chi connectivity index (χ1) is 14.9. The number of para-hydroxylation sites is 1. The number of benzene rings is 2. The Morgan fingerprint density at radius 3 is 2.74 bits per heavy atom. The maximum atomic E-state index is 12.8. The lowest BCUT2D eigenvalue weighted by Crippen LogP contribution is -2.44. The van der Waals surface area contributed by atoms with Crippen molar-refractivity contribution in [2.24, 2.45) is 0 Å². The number of anilines is 2. The van der Waals surface area contributed by atoms with Crippen molar-refractivity contribution in [1.29, 1.82) is 0 Å². The van der Waals surface area contributed by atoms with Crippen LogP contribution in [0, 0.1) is 0 Å². The van der Waals surface area contributed by atoms with Gasteiger partial charge in [0, 0.05) is 41.7 Å². The van der Waals surface area contributed by atoms with Crippen LogP contribution < -0.4 is 10.6 Å². The van der Waals surface area contributed by atoms with E-state index in [1.54, 1.807) is 12.1 Å². The molecule has 164 valence electrons. The lowest BCUT2D eigenvalue weighted by Gasteiger charge is -2.35. The van der Waals surface area contributed by atoms with Crippen LogP contribution in [0.25, 0.3) is 0 Å². The molecule has 8 heteroatoms. The van der Waals surface area contributed by atoms with Crippen LogP contribution in [0.5, 0.6) is 0 Å². The molecule has 2 aliphatic rings. The molecule has 0 aliphatic carbocycles. The van der Waals surface area contributed by atoms with E-state index in [-0.39, 0.29) is 30.4 Å². The van der Waals surface area contributed by atoms with Crippen molar-refractivity contribution in [3.05, 3.63) is 53.1 Å². The Morgan fingerprint density at radius 2 is 1.97 bits per heavy atom. The molecule has 31 heavy (non-hydrogen) atoms. The maximum absolute atomic E-state index is 12.8. The second-order valence-electron chi connectivity index (χ2n) is 8.10. The van der Waals surface area contributed by atoms with E-state index in [1.165, 1.54) is 11.8 Å². The molecule has 0 spiro atoms. The van der Waals surface area contributed by atoms with Crippen LogP contribution in [0.4, 0.5) is 11.4 Å². The van der Waals surface area contributed by atoms with E-state index < -0.39 is 5.25 Å². The number of thioether (sulfide) groups is 1. The number of nitrogens with zero attached hydrogens (tertiary/aromatic N) is 1. The summed E-state index contributed by atoms with van der Waals surface area (Å²) in [6, 6.07) is 13.2. The van der Waals surface area contributed by atoms with Crippen LogP contribution >= 0.6 is 23.4 Å². The van der Waals surface area contributed by atoms with Crippen molar-refractivity contribution in [3.8, 4) is 0 Å². The third-order valence-corrected chi connectivity index (χ3v) is 6.82. The van der Waals surface area contributed by atoms with Crippen LogP contribution in [0.2, 0.25) is 5.02 Å². The topological polar surface area (TPSA) is 70.7 Å². The van der Waals surface area contributed by atoms with Gasteiger partial charge < -0.3 is 15.4 Å². The van der Waals surface area contributed by atoms with Gasteiger partial charge in [-0.15, -0.1) is 11.8 Å². The number of ether oxygens (including phenoxy) is 1. The van der Waals surface area contributed by atoms with Crippen LogP contribution in [0.3, 0.4) is 0 Å². The van der Waals surface area contributed by atoms with E-state index in [4.69, 9.17) is 16.3 Å². The Balaban J connectivity index is 1.40. The highest BCUT2D eigenvalue weighted by Gasteiger charge is 2.29. The normalized spacial score (nSPS) is 23.7. The number of hydrogen-bond donors (Lipinski definition) is 2. The predicted octanol–water partition coefficient (Wildman–Crippen LogP) is 4.39. The van der Waals surface area contributed by atoms with E-state index in [2.05, 4.69) is 29.4 Å². The largest absolute Gasteiger partial charge is 0.373 e. The molecule has 2 N–H and O–H groups in total. The van der Waals surface area contributed by atoms with Gasteiger partial charge in [-0.2, -0.15) is 0 Å². The first-order valence-electron chi connectivity index (χ1n) is 10.4. The highest BCUT2D eigenvalue weighted by molar-refractivity contribution is 8.01. The van der Waals surface area contributed by atoms with E-state index in [9.17, 15) is 9.59 Å². The van der Waals surface area contributed by atoms with Crippen LogP contribution in [0.15, 0.2) is 47.4 Å². The lowest BCUT2D eigenvalue weighted by atomic mass is 10.1. The Kier molecular flexibility index (Phi) is 6.86. The molecule has 2 aromatic rings. The fraction of sp³-hybridized carbons (Fsp3) is 0.391. The van der Waals surface area contributed by atoms with Gasteiger partial charge in [0.1, 0.15) is 0 Å². The second kappa shape index (κ2) is 9.61. The van der Waals surface area contributed by atoms with E-state index in [1.807, 2.05) is 30.3 Å². The number of hydrogen-bond acceptors (Lipinski definition) is 5. The summed E-state index contributed by atoms with van der Waals surface area (Å²) in [5, 5.41) is 5.95. The van der Waals surface area contributed by atoms with Gasteiger partial charge in [-0.1, -0.05) is 29.8 Å². The Morgan fingerprint density at radius 1 is 1.23 bits per heavy atom. The molecular formula is C23H26ClN3O3S. The lowest BCUT2D eigenvalue weighted by molar-refractivity contribution is -0.120. The average Bonchev–Trinajstić information content (AvgIpc) is 2.69. The SMILES string of the molecule is CC1CN(Cc2ccccc2NC(=O)CC2Sc3ccc(Cl)cc3NC2=O)CC(C)O1. The molecule has 0 bridgehead atoms. The minimum Gasteiger partial charge on any atom is -0.373 e. The molecule has 2 aliphatic heterocycles. The summed E-state index contributed by atoms with van der Waals surface area (Å²) < 4.78 is 5.82. The molecule has 3 unspecified atom stereocenters. The van der Waals surface area contributed by atoms with Gasteiger partial charge >= 0.3 is 0 Å². The number of fused-ring (bicyclic) bond motifs is 1. The monoisotopic (exact) mass is 459 g/mol. The highest BCUT2D eigenvalue weighted by Crippen LogP contribution is 2.38. The van der Waals surface area contributed by atoms with Crippen molar-refractivity contribution in [2.45, 2.75) is 49.2 Å². The smallest absolute Gasteiger partial charge is 0.238 e. The first-order valence-corrected chi connectivity index (χ1v) is 11.7. The van der Waals surface area contributed by atoms with Gasteiger partial charge in [0.15, 0.2) is 0 Å². The summed E-state index contributed by atoms with van der Waals surface area (Å²) in [5.41, 5.74) is 2.53. The molecule has 2 aromatic carbocycles. The molecule has 0 saturated carbocycles. The standard InChI is InChI=1S/C23H26ClN3O3S/c1-14-11-27(12-15(2)30-14)13-16-5-3-4-6-18(16)25-22(28)10-21-23(29)26-19-9-17(24)7-8-20(19)31-21/h3-9,14-15,21H,10-13H2,1-2H3,(H,25,28)(H,26,29). The van der Waals surface area contributed by atoms with Crippen molar-refractivity contribution < 1.29 is 14.3 Å². The number of rotatable bonds is 5. The number of carbonyl (C=O) groups excluding carboxylic acids is 2. The van der Waals surface area contributed by atoms with Gasteiger partial charge in [0.2, 0.25) is 11.8 Å². The molecule has 2 heterocycles. The predicted molar refractivity (Wildman–Crippen MR) is 125 cm³/mol. The average molecular weight is 460 g/mol. The molecule has 1 saturated heterocycles. The summed E-state index contributed by atoms with van der Waals surface area (Å²) in [5.74, 6) is -0.360. The number of morpholine rings is 1. The summed E-state index contributed by atoms with van der Waals surface area (Å²) >= 11 is 7.39. The second-order valence-corrected chi connectivity index (χ2v) is 9.78. The van der Waals surface area contributed by atoms with Gasteiger partial charge in [-0.25, -0.2) is 0 Å². The molecule has 2 amide bonds. The zero-order valence-electron chi connectivity index (χ0n) is 17.6. The van der Waals surface area contributed by atoms with Crippen LogP contribution in [0.1, 0.15) is 25.8 Å². The third kappa shape index (κ3) is 5.60. The summed E-state index contributed by atoms with van der Waals surface area (Å²) in [7, 11) is 0. The van der Waals surface area contributed by atoms with Gasteiger partial charge in [0.25, 0.3) is 0 Å². The van der Waals surface area contributed by atoms with Gasteiger partial charge in [-0.05, 0) is 43.7 Å². The van der Waals surface area contributed by atoms with E-state index in [0.717, 1.165) is 35.8 Å². The third-order valence-electron chi connectivity index (χ3n) is 5.31. The number of amides is 2. The quantitative estimate of drug-likeness (QED) is 0.693. The summed E-state index contributed by atoms with van der Waals surface area (Å²) in [4.78, 5) is 28.5. The van der Waals surface area contributed by atoms with Crippen molar-refractivity contribution in [2.75, 3.05) is 23.7 Å². The molecule has 1 fully saturated rings. The molecule has 3 atom stereocenters. The highest BCUT2D eigenvalue weighted by atomic mass is 35.5. The zero-order chi connectivity index (χ0) is 22.0.